The van der Waals surface area contributed by atoms with Crippen LogP contribution in [0.1, 0.15) is 47.8 Å². The highest BCUT2D eigenvalue weighted by Gasteiger charge is 2.18. The molecule has 1 unspecified atom stereocenters. The number of rotatable bonds is 8. The van der Waals surface area contributed by atoms with Crippen LogP contribution >= 0.6 is 11.6 Å². The lowest BCUT2D eigenvalue weighted by Gasteiger charge is -2.12. The summed E-state index contributed by atoms with van der Waals surface area (Å²) in [6.07, 6.45) is 4.06. The Hall–Kier alpha value is -3.32. The first-order valence-corrected chi connectivity index (χ1v) is 10.9. The average molecular weight is 452 g/mol. The van der Waals surface area contributed by atoms with Gasteiger partial charge in [0, 0.05) is 46.9 Å². The number of hydrogen-bond acceptors (Lipinski definition) is 4. The predicted octanol–water partition coefficient (Wildman–Crippen LogP) is 5.46. The topological polar surface area (TPSA) is 83.6 Å². The van der Waals surface area contributed by atoms with Crippen LogP contribution in [-0.2, 0) is 6.42 Å². The number of carbonyl (C=O) groups excluding carboxylic acids is 1. The van der Waals surface area contributed by atoms with E-state index in [9.17, 15) is 9.18 Å². The van der Waals surface area contributed by atoms with Gasteiger partial charge in [0.05, 0.1) is 11.2 Å². The first kappa shape index (κ1) is 21.9. The van der Waals surface area contributed by atoms with Crippen molar-refractivity contribution in [3.05, 3.63) is 77.0 Å². The third kappa shape index (κ3) is 4.94. The van der Waals surface area contributed by atoms with Crippen LogP contribution in [0.15, 0.2) is 54.9 Å². The number of halogens is 2. The van der Waals surface area contributed by atoms with Gasteiger partial charge in [-0.1, -0.05) is 24.6 Å². The number of aromatic nitrogens is 4. The number of alkyl halides is 1. The Kier molecular flexibility index (Phi) is 6.75. The van der Waals surface area contributed by atoms with Crippen molar-refractivity contribution >= 4 is 28.4 Å². The fourth-order valence-electron chi connectivity index (χ4n) is 3.45. The highest BCUT2D eigenvalue weighted by atomic mass is 35.5. The number of amides is 1. The standard InChI is InChI=1S/C24H23ClFN5O/c1-2-19(26)22-18-10-7-16(24(32)29-11-3-4-21-27-12-13-28-21)14-20(18)30-23(31-22)15-5-8-17(25)9-6-15/h5-10,12-14,19H,2-4,11H2,1H3,(H,27,28)(H,29,32). The molecule has 32 heavy (non-hydrogen) atoms. The van der Waals surface area contributed by atoms with Gasteiger partial charge < -0.3 is 10.3 Å². The van der Waals surface area contributed by atoms with Gasteiger partial charge in [0.2, 0.25) is 0 Å². The first-order valence-electron chi connectivity index (χ1n) is 10.5. The van der Waals surface area contributed by atoms with Crippen LogP contribution < -0.4 is 5.32 Å². The second kappa shape index (κ2) is 9.87. The molecule has 0 aliphatic carbocycles. The van der Waals surface area contributed by atoms with Crippen molar-refractivity contribution in [2.24, 2.45) is 0 Å². The second-order valence-corrected chi connectivity index (χ2v) is 7.88. The molecule has 2 heterocycles. The fraction of sp³-hybridized carbons (Fsp3) is 0.250. The Morgan fingerprint density at radius 1 is 1.19 bits per heavy atom. The minimum atomic E-state index is -1.23. The summed E-state index contributed by atoms with van der Waals surface area (Å²) in [5.74, 6) is 1.09. The van der Waals surface area contributed by atoms with Crippen molar-refractivity contribution in [2.75, 3.05) is 6.54 Å². The molecule has 0 radical (unpaired) electrons. The lowest BCUT2D eigenvalue weighted by molar-refractivity contribution is 0.0953. The molecule has 0 saturated heterocycles. The Morgan fingerprint density at radius 2 is 2.00 bits per heavy atom. The molecule has 2 N–H and O–H groups in total. The molecule has 1 atom stereocenters. The molecule has 0 fully saturated rings. The maximum absolute atomic E-state index is 14.7. The second-order valence-electron chi connectivity index (χ2n) is 7.44. The molecule has 0 bridgehead atoms. The molecule has 4 aromatic rings. The van der Waals surface area contributed by atoms with Gasteiger partial charge >= 0.3 is 0 Å². The number of fused-ring (bicyclic) bond motifs is 1. The third-order valence-electron chi connectivity index (χ3n) is 5.18. The van der Waals surface area contributed by atoms with E-state index < -0.39 is 6.17 Å². The van der Waals surface area contributed by atoms with Crippen LogP contribution in [0.25, 0.3) is 22.3 Å². The van der Waals surface area contributed by atoms with E-state index in [0.717, 1.165) is 24.2 Å². The van der Waals surface area contributed by atoms with Gasteiger partial charge in [-0.2, -0.15) is 0 Å². The zero-order chi connectivity index (χ0) is 22.5. The molecule has 0 aliphatic rings. The Balaban J connectivity index is 1.59. The smallest absolute Gasteiger partial charge is 0.251 e. The maximum atomic E-state index is 14.7. The van der Waals surface area contributed by atoms with Crippen molar-refractivity contribution in [3.63, 3.8) is 0 Å². The van der Waals surface area contributed by atoms with E-state index in [1.54, 1.807) is 61.8 Å². The predicted molar refractivity (Wildman–Crippen MR) is 123 cm³/mol. The maximum Gasteiger partial charge on any atom is 0.251 e. The van der Waals surface area contributed by atoms with Crippen molar-refractivity contribution in [1.29, 1.82) is 0 Å². The van der Waals surface area contributed by atoms with Crippen LogP contribution in [0, 0.1) is 0 Å². The molecule has 8 heteroatoms. The van der Waals surface area contributed by atoms with Crippen LogP contribution in [0.5, 0.6) is 0 Å². The number of benzene rings is 2. The van der Waals surface area contributed by atoms with Crippen molar-refractivity contribution in [2.45, 2.75) is 32.4 Å². The number of imidazole rings is 1. The number of aromatic amines is 1. The Morgan fingerprint density at radius 3 is 2.72 bits per heavy atom. The number of nitrogens with one attached hydrogen (secondary N) is 2. The van der Waals surface area contributed by atoms with Gasteiger partial charge in [-0.25, -0.2) is 19.3 Å². The van der Waals surface area contributed by atoms with E-state index in [1.807, 2.05) is 0 Å². The molecule has 1 amide bonds. The zero-order valence-corrected chi connectivity index (χ0v) is 18.4. The minimum absolute atomic E-state index is 0.202. The molecular formula is C24H23ClFN5O. The average Bonchev–Trinajstić information content (AvgIpc) is 3.34. The summed E-state index contributed by atoms with van der Waals surface area (Å²) in [4.78, 5) is 29.0. The summed E-state index contributed by atoms with van der Waals surface area (Å²) < 4.78 is 14.7. The van der Waals surface area contributed by atoms with Gasteiger partial charge in [-0.05, 0) is 49.2 Å². The number of aryl methyl sites for hydroxylation is 1. The van der Waals surface area contributed by atoms with E-state index >= 15 is 0 Å². The van der Waals surface area contributed by atoms with Gasteiger partial charge in [0.25, 0.3) is 5.91 Å². The molecule has 2 aromatic heterocycles. The molecule has 0 spiro atoms. The van der Waals surface area contributed by atoms with Gasteiger partial charge in [0.1, 0.15) is 12.0 Å². The quantitative estimate of drug-likeness (QED) is 0.348. The molecule has 2 aromatic carbocycles. The normalized spacial score (nSPS) is 12.1. The highest BCUT2D eigenvalue weighted by molar-refractivity contribution is 6.30. The Bertz CT molecular complexity index is 1210. The van der Waals surface area contributed by atoms with E-state index in [-0.39, 0.29) is 5.91 Å². The number of carbonyl (C=O) groups is 1. The van der Waals surface area contributed by atoms with Crippen molar-refractivity contribution < 1.29 is 9.18 Å². The summed E-state index contributed by atoms with van der Waals surface area (Å²) in [5.41, 5.74) is 2.05. The van der Waals surface area contributed by atoms with Gasteiger partial charge in [-0.3, -0.25) is 4.79 Å². The van der Waals surface area contributed by atoms with E-state index in [4.69, 9.17) is 11.6 Å². The third-order valence-corrected chi connectivity index (χ3v) is 5.43. The van der Waals surface area contributed by atoms with Gasteiger partial charge in [0.15, 0.2) is 5.82 Å². The fourth-order valence-corrected chi connectivity index (χ4v) is 3.58. The molecule has 4 rings (SSSR count). The molecule has 164 valence electrons. The summed E-state index contributed by atoms with van der Waals surface area (Å²) in [7, 11) is 0. The minimum Gasteiger partial charge on any atom is -0.352 e. The number of hydrogen-bond donors (Lipinski definition) is 2. The molecule has 0 saturated carbocycles. The lowest BCUT2D eigenvalue weighted by atomic mass is 10.0. The van der Waals surface area contributed by atoms with Crippen LogP contribution in [-0.4, -0.2) is 32.4 Å². The molecule has 6 nitrogen and oxygen atoms in total. The number of H-pyrrole nitrogens is 1. The van der Waals surface area contributed by atoms with Gasteiger partial charge in [-0.15, -0.1) is 0 Å². The molecular weight excluding hydrogens is 429 g/mol. The highest BCUT2D eigenvalue weighted by Crippen LogP contribution is 2.30. The molecule has 0 aliphatic heterocycles. The zero-order valence-electron chi connectivity index (χ0n) is 17.6. The summed E-state index contributed by atoms with van der Waals surface area (Å²) in [6.45, 7) is 2.29. The summed E-state index contributed by atoms with van der Waals surface area (Å²) in [5, 5.41) is 4.11. The van der Waals surface area contributed by atoms with E-state index in [0.29, 0.717) is 46.0 Å². The summed E-state index contributed by atoms with van der Waals surface area (Å²) >= 11 is 5.98. The Labute approximate surface area is 190 Å². The number of nitrogens with zero attached hydrogens (tertiary/aromatic N) is 3. The lowest BCUT2D eigenvalue weighted by Crippen LogP contribution is -2.24. The van der Waals surface area contributed by atoms with Crippen LogP contribution in [0.2, 0.25) is 5.02 Å². The largest absolute Gasteiger partial charge is 0.352 e. The first-order chi connectivity index (χ1) is 15.5. The van der Waals surface area contributed by atoms with Crippen LogP contribution in [0.4, 0.5) is 4.39 Å². The van der Waals surface area contributed by atoms with E-state index in [1.165, 1.54) is 0 Å². The van der Waals surface area contributed by atoms with Crippen molar-refractivity contribution in [3.8, 4) is 11.4 Å². The summed E-state index contributed by atoms with van der Waals surface area (Å²) in [6, 6.07) is 12.2. The van der Waals surface area contributed by atoms with Crippen molar-refractivity contribution in [1.82, 2.24) is 25.3 Å². The monoisotopic (exact) mass is 451 g/mol. The van der Waals surface area contributed by atoms with Crippen LogP contribution in [0.3, 0.4) is 0 Å². The van der Waals surface area contributed by atoms with E-state index in [2.05, 4.69) is 25.3 Å². The SMILES string of the molecule is CCC(F)c1nc(-c2ccc(Cl)cc2)nc2cc(C(=O)NCCCc3ncc[nH]3)ccc12.